The molecule has 0 fully saturated rings. The monoisotopic (exact) mass is 488 g/mol. The van der Waals surface area contributed by atoms with Crippen molar-refractivity contribution in [3.63, 3.8) is 0 Å². The van der Waals surface area contributed by atoms with Gasteiger partial charge in [-0.05, 0) is 28.3 Å². The van der Waals surface area contributed by atoms with Gasteiger partial charge in [-0.2, -0.15) is 0 Å². The van der Waals surface area contributed by atoms with Gasteiger partial charge in [0.05, 0.1) is 25.9 Å². The predicted octanol–water partition coefficient (Wildman–Crippen LogP) is 3.75. The number of rotatable bonds is 15. The third kappa shape index (κ3) is 8.01. The number of hydrogen-bond donors (Lipinski definition) is 2. The molecule has 0 aliphatic carbocycles. The topological polar surface area (TPSA) is 68.2 Å². The zero-order chi connectivity index (χ0) is 25.0. The highest BCUT2D eigenvalue weighted by Gasteiger charge is 2.49. The molecule has 0 aliphatic heterocycles. The molecule has 0 amide bonds. The number of aliphatic hydroxyl groups excluding tert-OH is 2. The van der Waals surface area contributed by atoms with Crippen LogP contribution >= 0.6 is 0 Å². The van der Waals surface area contributed by atoms with Gasteiger partial charge in [-0.15, -0.1) is 0 Å². The Morgan fingerprint density at radius 2 is 1.29 bits per heavy atom. The summed E-state index contributed by atoms with van der Waals surface area (Å²) in [6.07, 6.45) is -0.239. The van der Waals surface area contributed by atoms with Gasteiger partial charge >= 0.3 is 0 Å². The SMILES string of the molecule is CCC(O)C(O)COCC(C)COCCCO[Si](c1ccccc1)(c1ccccc1)C(C)(C)C. The van der Waals surface area contributed by atoms with Gasteiger partial charge in [-0.3, -0.25) is 0 Å². The molecule has 2 N–H and O–H groups in total. The van der Waals surface area contributed by atoms with Crippen LogP contribution in [0.5, 0.6) is 0 Å². The van der Waals surface area contributed by atoms with Crippen molar-refractivity contribution < 1.29 is 24.1 Å². The van der Waals surface area contributed by atoms with E-state index < -0.39 is 20.5 Å². The van der Waals surface area contributed by atoms with E-state index in [1.165, 1.54) is 10.4 Å². The lowest BCUT2D eigenvalue weighted by Crippen LogP contribution is -2.66. The first-order valence-corrected chi connectivity index (χ1v) is 14.4. The molecular weight excluding hydrogens is 444 g/mol. The van der Waals surface area contributed by atoms with Crippen LogP contribution in [0.4, 0.5) is 0 Å². The second-order valence-electron chi connectivity index (χ2n) is 10.1. The third-order valence-corrected chi connectivity index (χ3v) is 11.2. The Bertz CT molecular complexity index is 754. The van der Waals surface area contributed by atoms with Crippen LogP contribution in [0.2, 0.25) is 5.04 Å². The average Bonchev–Trinajstić information content (AvgIpc) is 2.83. The van der Waals surface area contributed by atoms with Crippen molar-refractivity contribution in [2.24, 2.45) is 5.92 Å². The molecule has 34 heavy (non-hydrogen) atoms. The van der Waals surface area contributed by atoms with Crippen LogP contribution < -0.4 is 10.4 Å². The van der Waals surface area contributed by atoms with Gasteiger partial charge in [0.1, 0.15) is 6.10 Å². The lowest BCUT2D eigenvalue weighted by molar-refractivity contribution is -0.0497. The molecule has 5 nitrogen and oxygen atoms in total. The fraction of sp³-hybridized carbons (Fsp3) is 0.571. The normalized spacial score (nSPS) is 15.1. The van der Waals surface area contributed by atoms with Gasteiger partial charge in [-0.1, -0.05) is 95.3 Å². The highest BCUT2D eigenvalue weighted by molar-refractivity contribution is 6.99. The summed E-state index contributed by atoms with van der Waals surface area (Å²) < 4.78 is 18.3. The highest BCUT2D eigenvalue weighted by Crippen LogP contribution is 2.36. The Labute approximate surface area is 207 Å². The summed E-state index contributed by atoms with van der Waals surface area (Å²) in [5, 5.41) is 21.9. The van der Waals surface area contributed by atoms with Gasteiger partial charge in [0.2, 0.25) is 0 Å². The molecule has 6 heteroatoms. The van der Waals surface area contributed by atoms with Crippen molar-refractivity contribution in [1.29, 1.82) is 0 Å². The van der Waals surface area contributed by atoms with Crippen molar-refractivity contribution in [2.45, 2.75) is 64.7 Å². The smallest absolute Gasteiger partial charge is 0.261 e. The summed E-state index contributed by atoms with van der Waals surface area (Å²) in [7, 11) is -2.49. The molecular formula is C28H44O5Si. The second-order valence-corrected chi connectivity index (χ2v) is 14.4. The summed E-state index contributed by atoms with van der Waals surface area (Å²) in [5.74, 6) is 0.212. The maximum Gasteiger partial charge on any atom is 0.261 e. The van der Waals surface area contributed by atoms with Crippen LogP contribution in [0.25, 0.3) is 0 Å². The van der Waals surface area contributed by atoms with E-state index in [9.17, 15) is 10.2 Å². The van der Waals surface area contributed by atoms with Crippen molar-refractivity contribution in [1.82, 2.24) is 0 Å². The number of benzene rings is 2. The van der Waals surface area contributed by atoms with Crippen molar-refractivity contribution in [3.05, 3.63) is 60.7 Å². The minimum atomic E-state index is -2.49. The quantitative estimate of drug-likeness (QED) is 0.295. The maximum atomic E-state index is 9.77. The van der Waals surface area contributed by atoms with Gasteiger partial charge in [0.25, 0.3) is 8.32 Å². The molecule has 2 aromatic carbocycles. The highest BCUT2D eigenvalue weighted by atomic mass is 28.4. The summed E-state index contributed by atoms with van der Waals surface area (Å²) in [5.41, 5.74) is 0. The van der Waals surface area contributed by atoms with E-state index in [0.717, 1.165) is 6.42 Å². The Morgan fingerprint density at radius 3 is 1.79 bits per heavy atom. The first-order valence-electron chi connectivity index (χ1n) is 12.5. The molecule has 2 rings (SSSR count). The van der Waals surface area contributed by atoms with Crippen LogP contribution in [0.3, 0.4) is 0 Å². The van der Waals surface area contributed by atoms with Crippen LogP contribution in [0.15, 0.2) is 60.7 Å². The standard InChI is InChI=1S/C28H44O5Si/c1-6-26(29)27(30)22-32-21-23(2)20-31-18-13-19-33-34(28(3,4)5,24-14-9-7-10-15-24)25-16-11-8-12-17-25/h7-12,14-17,23,26-27,29-30H,6,13,18-22H2,1-5H3. The molecule has 0 aliphatic rings. The fourth-order valence-electron chi connectivity index (χ4n) is 4.25. The molecule has 0 aromatic heterocycles. The second kappa shape index (κ2) is 14.1. The zero-order valence-electron chi connectivity index (χ0n) is 21.6. The van der Waals surface area contributed by atoms with Gasteiger partial charge in [0.15, 0.2) is 0 Å². The van der Waals surface area contributed by atoms with Gasteiger partial charge in [0, 0.05) is 19.1 Å². The summed E-state index contributed by atoms with van der Waals surface area (Å²) >= 11 is 0. The Kier molecular flexibility index (Phi) is 11.9. The first-order chi connectivity index (χ1) is 16.2. The molecule has 0 radical (unpaired) electrons. The summed E-state index contributed by atoms with van der Waals surface area (Å²) in [4.78, 5) is 0. The summed E-state index contributed by atoms with van der Waals surface area (Å²) in [6, 6.07) is 21.3. The van der Waals surface area contributed by atoms with E-state index in [-0.39, 0.29) is 17.6 Å². The Hall–Kier alpha value is -1.54. The molecule has 0 saturated carbocycles. The zero-order valence-corrected chi connectivity index (χ0v) is 22.6. The lowest BCUT2D eigenvalue weighted by Gasteiger charge is -2.43. The Morgan fingerprint density at radius 1 is 0.765 bits per heavy atom. The summed E-state index contributed by atoms with van der Waals surface area (Å²) in [6.45, 7) is 13.2. The van der Waals surface area contributed by atoms with Crippen LogP contribution in [-0.4, -0.2) is 63.8 Å². The maximum absolute atomic E-state index is 9.77. The van der Waals surface area contributed by atoms with Gasteiger partial charge < -0.3 is 24.1 Å². The van der Waals surface area contributed by atoms with Crippen molar-refractivity contribution in [3.8, 4) is 0 Å². The molecule has 0 spiro atoms. The van der Waals surface area contributed by atoms with Gasteiger partial charge in [-0.25, -0.2) is 0 Å². The molecule has 3 atom stereocenters. The van der Waals surface area contributed by atoms with Crippen LogP contribution in [0, 0.1) is 5.92 Å². The number of hydrogen-bond acceptors (Lipinski definition) is 5. The van der Waals surface area contributed by atoms with E-state index >= 15 is 0 Å². The number of aliphatic hydroxyl groups is 2. The molecule has 0 saturated heterocycles. The van der Waals surface area contributed by atoms with Crippen molar-refractivity contribution in [2.75, 3.05) is 33.0 Å². The minimum absolute atomic E-state index is 0.0294. The fourth-order valence-corrected chi connectivity index (χ4v) is 8.86. The van der Waals surface area contributed by atoms with E-state index in [0.29, 0.717) is 32.8 Å². The predicted molar refractivity (Wildman–Crippen MR) is 141 cm³/mol. The number of ether oxygens (including phenoxy) is 2. The molecule has 0 heterocycles. The van der Waals surface area contributed by atoms with E-state index in [1.54, 1.807) is 0 Å². The van der Waals surface area contributed by atoms with E-state index in [4.69, 9.17) is 13.9 Å². The third-order valence-electron chi connectivity index (χ3n) is 6.12. The molecule has 2 aromatic rings. The van der Waals surface area contributed by atoms with Crippen LogP contribution in [0.1, 0.15) is 47.5 Å². The molecule has 3 unspecified atom stereocenters. The molecule has 190 valence electrons. The van der Waals surface area contributed by atoms with Crippen LogP contribution in [-0.2, 0) is 13.9 Å². The van der Waals surface area contributed by atoms with E-state index in [1.807, 2.05) is 6.92 Å². The average molecular weight is 489 g/mol. The lowest BCUT2D eigenvalue weighted by atomic mass is 10.1. The molecule has 0 bridgehead atoms. The van der Waals surface area contributed by atoms with Crippen molar-refractivity contribution >= 4 is 18.7 Å². The largest absolute Gasteiger partial charge is 0.407 e. The first kappa shape index (κ1) is 28.7. The van der Waals surface area contributed by atoms with E-state index in [2.05, 4.69) is 88.4 Å². The Balaban J connectivity index is 1.88. The minimum Gasteiger partial charge on any atom is -0.407 e.